The lowest BCUT2D eigenvalue weighted by molar-refractivity contribution is 0.590. The van der Waals surface area contributed by atoms with Crippen LogP contribution in [0.15, 0.2) is 182 Å². The van der Waals surface area contributed by atoms with E-state index in [9.17, 15) is 16.0 Å². The van der Waals surface area contributed by atoms with E-state index in [-0.39, 0.29) is 71.8 Å². The molecule has 0 N–H and O–H groups in total. The van der Waals surface area contributed by atoms with Crippen molar-refractivity contribution in [2.24, 2.45) is 0 Å². The summed E-state index contributed by atoms with van der Waals surface area (Å²) in [5.74, 6) is 0. The molecule has 13 rings (SSSR count). The number of hydrogen-bond donors (Lipinski definition) is 0. The number of aromatic nitrogens is 2. The highest BCUT2D eigenvalue weighted by atomic mass is 35.5. The lowest BCUT2D eigenvalue weighted by Gasteiger charge is -2.45. The highest BCUT2D eigenvalue weighted by molar-refractivity contribution is 7.00. The van der Waals surface area contributed by atoms with Crippen molar-refractivity contribution in [1.29, 1.82) is 10.5 Å². The van der Waals surface area contributed by atoms with Gasteiger partial charge in [0.1, 0.15) is 17.7 Å². The second kappa shape index (κ2) is 15.2. The average molecular weight is 942 g/mol. The second-order valence-corrected chi connectivity index (χ2v) is 18.7. The Kier molecular flexibility index (Phi) is 6.06. The van der Waals surface area contributed by atoms with E-state index in [1.807, 2.05) is 54.8 Å². The Labute approximate surface area is 432 Å². The molecule has 0 atom stereocenters. The van der Waals surface area contributed by atoms with E-state index < -0.39 is 109 Å². The molecule has 69 heavy (non-hydrogen) atoms. The molecule has 326 valence electrons. The van der Waals surface area contributed by atoms with Gasteiger partial charge in [0.2, 0.25) is 0 Å². The minimum absolute atomic E-state index is 0.00988. The van der Waals surface area contributed by atoms with E-state index in [2.05, 4.69) is 12.1 Å². The van der Waals surface area contributed by atoms with Crippen molar-refractivity contribution in [3.63, 3.8) is 0 Å². The normalized spacial score (nSPS) is 16.1. The van der Waals surface area contributed by atoms with Gasteiger partial charge in [0, 0.05) is 60.0 Å². The van der Waals surface area contributed by atoms with Gasteiger partial charge >= 0.3 is 0 Å². The summed E-state index contributed by atoms with van der Waals surface area (Å²) in [7, 11) is 0. The Balaban J connectivity index is 1.15. The fourth-order valence-electron chi connectivity index (χ4n) is 10.2. The molecule has 0 amide bonds. The Morgan fingerprint density at radius 3 is 1.48 bits per heavy atom. The van der Waals surface area contributed by atoms with E-state index in [1.165, 1.54) is 15.2 Å². The first-order valence-corrected chi connectivity index (χ1v) is 22.5. The van der Waals surface area contributed by atoms with Crippen LogP contribution in [0, 0.1) is 22.7 Å². The summed E-state index contributed by atoms with van der Waals surface area (Å²) < 4.78 is 146. The summed E-state index contributed by atoms with van der Waals surface area (Å²) in [6.45, 7) is 5.47. The summed E-state index contributed by atoms with van der Waals surface area (Å²) in [5, 5.41) is 22.7. The standard InChI is InChI=1S/C60H39BCl2N6/c1-60(2,3)37-29-57-59-58(30-37)69(53-22-12-21-52(45(53)35-65)67-48-17-8-4-13-41(48)42-14-5-9-18-49(42)67)56-32-39(63)25-28-47(56)61(59)46-27-24-38(62)31-55(46)66(57)40-26-23-36(34-64)54(33-40)68-50-19-10-6-15-43(50)44-16-7-11-20-51(44)68/h4-33H,1-3H3/i4D,5D,6D,7D,8D,9D,10D,11D,13D,14D,15D,16D,17D,18D,19D,20D. The molecular weight excluding hydrogens is 886 g/mol. The molecule has 2 aliphatic rings. The maximum Gasteiger partial charge on any atom is 0.252 e. The molecule has 4 heterocycles. The quantitative estimate of drug-likeness (QED) is 0.165. The summed E-state index contributed by atoms with van der Waals surface area (Å²) in [6, 6.07) is 19.9. The fourth-order valence-corrected chi connectivity index (χ4v) is 10.5. The molecule has 0 saturated carbocycles. The van der Waals surface area contributed by atoms with Gasteiger partial charge in [-0.15, -0.1) is 0 Å². The van der Waals surface area contributed by atoms with Crippen molar-refractivity contribution in [2.75, 3.05) is 9.80 Å². The maximum atomic E-state index is 11.7. The molecule has 9 aromatic carbocycles. The number of fused-ring (bicyclic) bond motifs is 10. The number of para-hydroxylation sites is 4. The lowest BCUT2D eigenvalue weighted by Crippen LogP contribution is -2.61. The fraction of sp³-hybridized carbons (Fsp3) is 0.0667. The van der Waals surface area contributed by atoms with Gasteiger partial charge in [0.05, 0.1) is 66.6 Å². The molecule has 0 aliphatic carbocycles. The van der Waals surface area contributed by atoms with Crippen molar-refractivity contribution < 1.29 is 21.9 Å². The van der Waals surface area contributed by atoms with Crippen LogP contribution in [0.1, 0.15) is 59.4 Å². The summed E-state index contributed by atoms with van der Waals surface area (Å²) in [6.07, 6.45) is 0. The van der Waals surface area contributed by atoms with Gasteiger partial charge in [-0.1, -0.05) is 135 Å². The number of nitrogens with zero attached hydrogens (tertiary/aromatic N) is 6. The van der Waals surface area contributed by atoms with Crippen molar-refractivity contribution in [3.05, 3.63) is 208 Å². The third kappa shape index (κ3) is 5.98. The van der Waals surface area contributed by atoms with Gasteiger partial charge in [0.15, 0.2) is 0 Å². The molecule has 0 saturated heterocycles. The molecular formula is C60H39BCl2N6. The van der Waals surface area contributed by atoms with Crippen LogP contribution in [-0.2, 0) is 5.41 Å². The van der Waals surface area contributed by atoms with Crippen molar-refractivity contribution in [1.82, 2.24) is 9.13 Å². The smallest absolute Gasteiger partial charge is 0.252 e. The minimum atomic E-state index is -0.630. The third-order valence-electron chi connectivity index (χ3n) is 13.1. The molecule has 2 aromatic heterocycles. The first-order chi connectivity index (χ1) is 40.3. The summed E-state index contributed by atoms with van der Waals surface area (Å²) >= 11 is 14.0. The van der Waals surface area contributed by atoms with Gasteiger partial charge < -0.3 is 18.9 Å². The van der Waals surface area contributed by atoms with Gasteiger partial charge in [-0.25, -0.2) is 0 Å². The van der Waals surface area contributed by atoms with Crippen LogP contribution < -0.4 is 26.2 Å². The van der Waals surface area contributed by atoms with E-state index in [1.54, 1.807) is 54.6 Å². The Hall–Kier alpha value is -8.20. The van der Waals surface area contributed by atoms with Crippen LogP contribution in [-0.4, -0.2) is 15.8 Å². The molecule has 0 unspecified atom stereocenters. The third-order valence-corrected chi connectivity index (χ3v) is 13.6. The molecule has 0 radical (unpaired) electrons. The van der Waals surface area contributed by atoms with Gasteiger partial charge in [-0.2, -0.15) is 10.5 Å². The average Bonchev–Trinajstić information content (AvgIpc) is 1.70. The SMILES string of the molecule is [2H]c1c([2H])c([2H])c2c(c1[2H])c1c([2H])c([2H])c([2H])c([2H])c1n2-c1cc(N2c3cc(Cl)ccc3B3c4ccc(Cl)cc4N(c4cccc(-n5c6c([2H])c([2H])c([2H])c([2H])c6c6c([2H])c([2H])c([2H])c([2H])c65)c4C#N)c4cc(C(C)(C)C)cc2c43)ccc1C#N. The molecule has 6 nitrogen and oxygen atoms in total. The monoisotopic (exact) mass is 940 g/mol. The molecule has 0 spiro atoms. The predicted octanol–water partition coefficient (Wildman–Crippen LogP) is 14.3. The van der Waals surface area contributed by atoms with Crippen molar-refractivity contribution in [2.45, 2.75) is 26.2 Å². The number of halogens is 2. The van der Waals surface area contributed by atoms with E-state index >= 15 is 0 Å². The van der Waals surface area contributed by atoms with Gasteiger partial charge in [-0.3, -0.25) is 0 Å². The van der Waals surface area contributed by atoms with Gasteiger partial charge in [-0.05, 0) is 118 Å². The number of nitriles is 2. The first kappa shape index (κ1) is 27.6. The van der Waals surface area contributed by atoms with Crippen LogP contribution >= 0.6 is 23.2 Å². The molecule has 0 fully saturated rings. The van der Waals surface area contributed by atoms with Crippen LogP contribution in [0.25, 0.3) is 55.0 Å². The number of benzene rings is 9. The Morgan fingerprint density at radius 2 is 0.971 bits per heavy atom. The zero-order valence-electron chi connectivity index (χ0n) is 52.6. The number of hydrogen-bond acceptors (Lipinski definition) is 4. The van der Waals surface area contributed by atoms with E-state index in [0.29, 0.717) is 49.4 Å². The highest BCUT2D eigenvalue weighted by Gasteiger charge is 2.45. The molecule has 0 bridgehead atoms. The van der Waals surface area contributed by atoms with Crippen LogP contribution in [0.5, 0.6) is 0 Å². The number of rotatable bonds is 4. The van der Waals surface area contributed by atoms with E-state index in [4.69, 9.17) is 39.7 Å². The van der Waals surface area contributed by atoms with Gasteiger partial charge in [0.25, 0.3) is 6.71 Å². The predicted molar refractivity (Wildman–Crippen MR) is 287 cm³/mol. The van der Waals surface area contributed by atoms with Crippen molar-refractivity contribution >= 4 is 124 Å². The molecule has 2 aliphatic heterocycles. The molecule has 9 heteroatoms. The van der Waals surface area contributed by atoms with Crippen LogP contribution in [0.4, 0.5) is 34.1 Å². The zero-order chi connectivity index (χ0) is 60.8. The largest absolute Gasteiger partial charge is 0.311 e. The van der Waals surface area contributed by atoms with Crippen LogP contribution in [0.3, 0.4) is 0 Å². The Morgan fingerprint density at radius 1 is 0.493 bits per heavy atom. The first-order valence-electron chi connectivity index (χ1n) is 29.7. The topological polar surface area (TPSA) is 63.9 Å². The Bertz CT molecular complexity index is 4910. The zero-order valence-corrected chi connectivity index (χ0v) is 38.1. The highest BCUT2D eigenvalue weighted by Crippen LogP contribution is 2.49. The minimum Gasteiger partial charge on any atom is -0.311 e. The number of anilines is 6. The van der Waals surface area contributed by atoms with Crippen LogP contribution in [0.2, 0.25) is 10.0 Å². The summed E-state index contributed by atoms with van der Waals surface area (Å²) in [5.41, 5.74) is 4.47. The van der Waals surface area contributed by atoms with Crippen molar-refractivity contribution in [3.8, 4) is 23.5 Å². The lowest BCUT2D eigenvalue weighted by atomic mass is 9.33. The maximum absolute atomic E-state index is 11.7. The van der Waals surface area contributed by atoms with E-state index in [0.717, 1.165) is 11.0 Å². The second-order valence-electron chi connectivity index (χ2n) is 17.8. The summed E-state index contributed by atoms with van der Waals surface area (Å²) in [4.78, 5) is 3.82. The molecule has 11 aromatic rings.